The highest BCUT2D eigenvalue weighted by atomic mass is 16.5. The molecule has 25 heavy (non-hydrogen) atoms. The molecule has 0 saturated carbocycles. The van der Waals surface area contributed by atoms with Crippen molar-refractivity contribution in [3.05, 3.63) is 53.9 Å². The van der Waals surface area contributed by atoms with Crippen molar-refractivity contribution in [3.8, 4) is 17.3 Å². The number of hydrogen-bond acceptors (Lipinski definition) is 5. The Hall–Kier alpha value is -2.88. The Morgan fingerprint density at radius 2 is 2.04 bits per heavy atom. The van der Waals surface area contributed by atoms with Gasteiger partial charge in [-0.3, -0.25) is 9.88 Å². The molecule has 6 heteroatoms. The van der Waals surface area contributed by atoms with Crippen LogP contribution in [0.3, 0.4) is 0 Å². The molecule has 0 amide bonds. The average molecular weight is 334 g/mol. The van der Waals surface area contributed by atoms with Gasteiger partial charge in [-0.15, -0.1) is 0 Å². The third kappa shape index (κ3) is 3.07. The second kappa shape index (κ2) is 6.55. The number of rotatable bonds is 3. The topological polar surface area (TPSA) is 74.3 Å². The summed E-state index contributed by atoms with van der Waals surface area (Å²) >= 11 is 0. The van der Waals surface area contributed by atoms with Gasteiger partial charge in [0.2, 0.25) is 0 Å². The molecule has 6 nitrogen and oxygen atoms in total. The largest absolute Gasteiger partial charge is 0.428 e. The number of nitrogens with zero attached hydrogens (tertiary/aromatic N) is 4. The first kappa shape index (κ1) is 15.6. The van der Waals surface area contributed by atoms with Gasteiger partial charge in [0.25, 0.3) is 0 Å². The fourth-order valence-corrected chi connectivity index (χ4v) is 3.18. The maximum atomic E-state index is 10.1. The van der Waals surface area contributed by atoms with E-state index < -0.39 is 0 Å². The minimum Gasteiger partial charge on any atom is -0.428 e. The average Bonchev–Trinajstić information content (AvgIpc) is 2.99. The summed E-state index contributed by atoms with van der Waals surface area (Å²) < 4.78 is 6.45. The number of fused-ring (bicyclic) bond motifs is 1. The van der Waals surface area contributed by atoms with Crippen LogP contribution < -0.4 is 0 Å². The van der Waals surface area contributed by atoms with Crippen LogP contribution in [0.1, 0.15) is 11.1 Å². The second-order valence-electron chi connectivity index (χ2n) is 6.17. The van der Waals surface area contributed by atoms with Crippen LogP contribution in [-0.2, 0) is 11.3 Å². The number of benzene rings is 1. The minimum absolute atomic E-state index is 0.559. The van der Waals surface area contributed by atoms with Crippen LogP contribution >= 0.6 is 0 Å². The van der Waals surface area contributed by atoms with E-state index in [1.54, 1.807) is 24.4 Å². The molecule has 126 valence electrons. The van der Waals surface area contributed by atoms with E-state index in [0.717, 1.165) is 59.8 Å². The molecular weight excluding hydrogens is 316 g/mol. The molecule has 1 fully saturated rings. The molecular formula is C19H18N4O2. The Bertz CT molecular complexity index is 934. The lowest BCUT2D eigenvalue weighted by molar-refractivity contribution is 0.0341. The Kier molecular flexibility index (Phi) is 4.10. The third-order valence-electron chi connectivity index (χ3n) is 4.52. The zero-order chi connectivity index (χ0) is 17.2. The monoisotopic (exact) mass is 334 g/mol. The van der Waals surface area contributed by atoms with Gasteiger partial charge in [-0.1, -0.05) is 6.07 Å². The molecule has 1 N–H and O–H groups in total. The first-order chi connectivity index (χ1) is 12.2. The molecule has 0 bridgehead atoms. The predicted molar refractivity (Wildman–Crippen MR) is 93.2 cm³/mol. The molecule has 0 unspecified atom stereocenters. The zero-order valence-electron chi connectivity index (χ0n) is 13.7. The summed E-state index contributed by atoms with van der Waals surface area (Å²) in [5, 5.41) is 20.0. The smallest absolute Gasteiger partial charge is 0.0991 e. The van der Waals surface area contributed by atoms with Gasteiger partial charge in [-0.05, 0) is 29.8 Å². The lowest BCUT2D eigenvalue weighted by atomic mass is 10.1. The van der Waals surface area contributed by atoms with Gasteiger partial charge in [-0.25, -0.2) is 0 Å². The van der Waals surface area contributed by atoms with E-state index in [0.29, 0.717) is 11.1 Å². The number of hydrogen-bond donors (Lipinski definition) is 1. The van der Waals surface area contributed by atoms with E-state index in [1.807, 2.05) is 12.3 Å². The zero-order valence-corrected chi connectivity index (χ0v) is 13.7. The summed E-state index contributed by atoms with van der Waals surface area (Å²) in [6.07, 6.45) is 3.51. The van der Waals surface area contributed by atoms with Gasteiger partial charge in [0.15, 0.2) is 0 Å². The Morgan fingerprint density at radius 3 is 2.76 bits per heavy atom. The normalized spacial score (nSPS) is 15.3. The van der Waals surface area contributed by atoms with E-state index in [2.05, 4.69) is 22.0 Å². The van der Waals surface area contributed by atoms with Gasteiger partial charge >= 0.3 is 0 Å². The summed E-state index contributed by atoms with van der Waals surface area (Å²) in [6, 6.07) is 11.4. The Morgan fingerprint density at radius 1 is 1.20 bits per heavy atom. The molecule has 0 radical (unpaired) electrons. The van der Waals surface area contributed by atoms with E-state index >= 15 is 0 Å². The maximum absolute atomic E-state index is 10.1. The van der Waals surface area contributed by atoms with Gasteiger partial charge in [0, 0.05) is 36.8 Å². The fraction of sp³-hybridized carbons (Fsp3) is 0.263. The molecule has 1 saturated heterocycles. The third-order valence-corrected chi connectivity index (χ3v) is 4.52. The molecule has 1 aliphatic heterocycles. The highest BCUT2D eigenvalue weighted by Gasteiger charge is 2.14. The molecule has 0 aliphatic carbocycles. The van der Waals surface area contributed by atoms with Crippen molar-refractivity contribution in [2.75, 3.05) is 26.3 Å². The number of nitriles is 1. The summed E-state index contributed by atoms with van der Waals surface area (Å²) in [5.41, 5.74) is 3.96. The van der Waals surface area contributed by atoms with Crippen LogP contribution in [0, 0.1) is 11.3 Å². The highest BCUT2D eigenvalue weighted by molar-refractivity contribution is 5.95. The predicted octanol–water partition coefficient (Wildman–Crippen LogP) is 2.64. The SMILES string of the molecule is N#Cc1ccc2c(c1)c(-c1ccc(CN3CCOCC3)cn1)cn2O. The number of aromatic nitrogens is 2. The molecule has 3 heterocycles. The first-order valence-corrected chi connectivity index (χ1v) is 8.24. The van der Waals surface area contributed by atoms with Crippen LogP contribution in [-0.4, -0.2) is 46.1 Å². The van der Waals surface area contributed by atoms with Crippen molar-refractivity contribution in [2.45, 2.75) is 6.54 Å². The van der Waals surface area contributed by atoms with Gasteiger partial charge < -0.3 is 9.94 Å². The van der Waals surface area contributed by atoms with Crippen molar-refractivity contribution in [3.63, 3.8) is 0 Å². The number of pyridine rings is 1. The minimum atomic E-state index is 0.559. The van der Waals surface area contributed by atoms with Crippen LogP contribution in [0.4, 0.5) is 0 Å². The summed E-state index contributed by atoms with van der Waals surface area (Å²) in [6.45, 7) is 4.30. The molecule has 2 aromatic heterocycles. The van der Waals surface area contributed by atoms with Crippen LogP contribution in [0.2, 0.25) is 0 Å². The molecule has 4 rings (SSSR count). The van der Waals surface area contributed by atoms with Crippen LogP contribution in [0.15, 0.2) is 42.7 Å². The lowest BCUT2D eigenvalue weighted by Gasteiger charge is -2.26. The van der Waals surface area contributed by atoms with Crippen molar-refractivity contribution < 1.29 is 9.94 Å². The van der Waals surface area contributed by atoms with Gasteiger partial charge in [-0.2, -0.15) is 9.99 Å². The van der Waals surface area contributed by atoms with E-state index in [9.17, 15) is 5.21 Å². The molecule has 1 aliphatic rings. The molecule has 1 aromatic carbocycles. The van der Waals surface area contributed by atoms with Gasteiger partial charge in [0.05, 0.1) is 42.3 Å². The highest BCUT2D eigenvalue weighted by Crippen LogP contribution is 2.29. The van der Waals surface area contributed by atoms with E-state index in [1.165, 1.54) is 0 Å². The van der Waals surface area contributed by atoms with Crippen molar-refractivity contribution >= 4 is 10.9 Å². The fourth-order valence-electron chi connectivity index (χ4n) is 3.18. The second-order valence-corrected chi connectivity index (χ2v) is 6.17. The molecule has 0 atom stereocenters. The summed E-state index contributed by atoms with van der Waals surface area (Å²) in [7, 11) is 0. The molecule has 0 spiro atoms. The van der Waals surface area contributed by atoms with Crippen LogP contribution in [0.5, 0.6) is 0 Å². The summed E-state index contributed by atoms with van der Waals surface area (Å²) in [4.78, 5) is 6.91. The number of morpholine rings is 1. The Labute approximate surface area is 145 Å². The quantitative estimate of drug-likeness (QED) is 0.745. The standard InChI is InChI=1S/C19H18N4O2/c20-10-14-2-4-19-16(9-14)17(13-23(19)24)18-3-1-15(11-21-18)12-22-5-7-25-8-6-22/h1-4,9,11,13,24H,5-8,12H2. The van der Waals surface area contributed by atoms with Crippen molar-refractivity contribution in [1.82, 2.24) is 14.6 Å². The Balaban J connectivity index is 1.63. The van der Waals surface area contributed by atoms with E-state index in [-0.39, 0.29) is 0 Å². The molecule has 3 aromatic rings. The maximum Gasteiger partial charge on any atom is 0.0991 e. The van der Waals surface area contributed by atoms with Gasteiger partial charge in [0.1, 0.15) is 0 Å². The number of ether oxygens (including phenoxy) is 1. The lowest BCUT2D eigenvalue weighted by Crippen LogP contribution is -2.35. The van der Waals surface area contributed by atoms with Crippen LogP contribution in [0.25, 0.3) is 22.2 Å². The van der Waals surface area contributed by atoms with Crippen molar-refractivity contribution in [1.29, 1.82) is 5.26 Å². The first-order valence-electron chi connectivity index (χ1n) is 8.24. The van der Waals surface area contributed by atoms with Crippen molar-refractivity contribution in [2.24, 2.45) is 0 Å². The summed E-state index contributed by atoms with van der Waals surface area (Å²) in [5.74, 6) is 0. The van der Waals surface area contributed by atoms with E-state index in [4.69, 9.17) is 10.00 Å².